The van der Waals surface area contributed by atoms with Gasteiger partial charge in [-0.1, -0.05) is 13.3 Å². The van der Waals surface area contributed by atoms with Gasteiger partial charge < -0.3 is 10.5 Å². The number of rotatable bonds is 6. The van der Waals surface area contributed by atoms with Gasteiger partial charge in [0.1, 0.15) is 5.69 Å². The van der Waals surface area contributed by atoms with E-state index in [1.54, 1.807) is 12.1 Å². The van der Waals surface area contributed by atoms with Gasteiger partial charge in [0.05, 0.1) is 17.6 Å². The molecule has 0 heterocycles. The first kappa shape index (κ1) is 13.4. The Hall–Kier alpha value is -1.62. The molecule has 0 aliphatic rings. The number of hydrogen-bond acceptors (Lipinski definition) is 4. The van der Waals surface area contributed by atoms with Gasteiger partial charge in [-0.3, -0.25) is 10.1 Å². The summed E-state index contributed by atoms with van der Waals surface area (Å²) in [6, 6.07) is 4.68. The van der Waals surface area contributed by atoms with Crippen molar-refractivity contribution in [3.05, 3.63) is 33.9 Å². The van der Waals surface area contributed by atoms with Gasteiger partial charge in [-0.25, -0.2) is 0 Å². The molecule has 1 rings (SSSR count). The van der Waals surface area contributed by atoms with Crippen molar-refractivity contribution in [2.75, 3.05) is 5.73 Å². The third-order valence-corrected chi connectivity index (χ3v) is 2.52. The fraction of sp³-hybridized carbons (Fsp3) is 0.500. The van der Waals surface area contributed by atoms with Gasteiger partial charge in [0.25, 0.3) is 5.69 Å². The molecule has 1 atom stereocenters. The number of nitro groups is 1. The van der Waals surface area contributed by atoms with Gasteiger partial charge in [0.15, 0.2) is 0 Å². The van der Waals surface area contributed by atoms with E-state index >= 15 is 0 Å². The molecule has 0 radical (unpaired) electrons. The Morgan fingerprint density at radius 2 is 2.24 bits per heavy atom. The normalized spacial score (nSPS) is 12.4. The Balaban J connectivity index is 2.62. The summed E-state index contributed by atoms with van der Waals surface area (Å²) in [5, 5.41) is 10.6. The van der Waals surface area contributed by atoms with Gasteiger partial charge >= 0.3 is 0 Å². The molecule has 2 N–H and O–H groups in total. The Labute approximate surface area is 101 Å². The molecule has 94 valence electrons. The van der Waals surface area contributed by atoms with Gasteiger partial charge in [-0.15, -0.1) is 0 Å². The molecule has 0 aliphatic carbocycles. The van der Waals surface area contributed by atoms with Crippen molar-refractivity contribution in [3.8, 4) is 0 Å². The minimum absolute atomic E-state index is 0.0599. The van der Waals surface area contributed by atoms with Crippen molar-refractivity contribution in [3.63, 3.8) is 0 Å². The van der Waals surface area contributed by atoms with E-state index in [1.807, 2.05) is 6.92 Å². The summed E-state index contributed by atoms with van der Waals surface area (Å²) < 4.78 is 5.60. The second-order valence-electron chi connectivity index (χ2n) is 4.06. The monoisotopic (exact) mass is 238 g/mol. The van der Waals surface area contributed by atoms with E-state index in [4.69, 9.17) is 10.5 Å². The highest BCUT2D eigenvalue weighted by atomic mass is 16.6. The van der Waals surface area contributed by atoms with Crippen LogP contribution in [0.5, 0.6) is 0 Å². The predicted octanol–water partition coefficient (Wildman–Crippen LogP) is 2.88. The zero-order valence-electron chi connectivity index (χ0n) is 10.2. The Morgan fingerprint density at radius 1 is 1.53 bits per heavy atom. The molecule has 0 saturated carbocycles. The fourth-order valence-electron chi connectivity index (χ4n) is 1.59. The standard InChI is InChI=1S/C12H18N2O3/c1-3-4-9(2)17-8-10-5-6-12(14(15)16)11(13)7-10/h5-7,9H,3-4,8,13H2,1-2H3. The molecule has 5 nitrogen and oxygen atoms in total. The largest absolute Gasteiger partial charge is 0.393 e. The lowest BCUT2D eigenvalue weighted by atomic mass is 10.2. The smallest absolute Gasteiger partial charge is 0.292 e. The summed E-state index contributed by atoms with van der Waals surface area (Å²) in [5.74, 6) is 0. The number of ether oxygens (including phenoxy) is 1. The van der Waals surface area contributed by atoms with Crippen molar-refractivity contribution in [1.29, 1.82) is 0 Å². The van der Waals surface area contributed by atoms with Crippen LogP contribution in [0.4, 0.5) is 11.4 Å². The fourth-order valence-corrected chi connectivity index (χ4v) is 1.59. The molecule has 0 aliphatic heterocycles. The Morgan fingerprint density at radius 3 is 2.76 bits per heavy atom. The first-order chi connectivity index (χ1) is 8.04. The minimum Gasteiger partial charge on any atom is -0.393 e. The summed E-state index contributed by atoms with van der Waals surface area (Å²) >= 11 is 0. The van der Waals surface area contributed by atoms with Crippen LogP contribution in [0, 0.1) is 10.1 Å². The molecule has 0 saturated heterocycles. The zero-order valence-corrected chi connectivity index (χ0v) is 10.2. The van der Waals surface area contributed by atoms with E-state index in [1.165, 1.54) is 6.07 Å². The van der Waals surface area contributed by atoms with E-state index in [2.05, 4.69) is 6.92 Å². The lowest BCUT2D eigenvalue weighted by molar-refractivity contribution is -0.383. The maximum absolute atomic E-state index is 10.6. The lowest BCUT2D eigenvalue weighted by Crippen LogP contribution is -2.07. The molecule has 1 unspecified atom stereocenters. The van der Waals surface area contributed by atoms with E-state index < -0.39 is 4.92 Å². The third-order valence-electron chi connectivity index (χ3n) is 2.52. The molecule has 1 aromatic carbocycles. The number of nitro benzene ring substituents is 1. The molecule has 0 amide bonds. The predicted molar refractivity (Wildman–Crippen MR) is 66.7 cm³/mol. The number of nitrogen functional groups attached to an aromatic ring is 1. The van der Waals surface area contributed by atoms with Crippen LogP contribution in [0.1, 0.15) is 32.3 Å². The Bertz CT molecular complexity index is 393. The maximum Gasteiger partial charge on any atom is 0.292 e. The number of nitrogens with two attached hydrogens (primary N) is 1. The second-order valence-corrected chi connectivity index (χ2v) is 4.06. The number of benzene rings is 1. The van der Waals surface area contributed by atoms with E-state index in [-0.39, 0.29) is 17.5 Å². The van der Waals surface area contributed by atoms with Crippen LogP contribution in [0.2, 0.25) is 0 Å². The van der Waals surface area contributed by atoms with Crippen molar-refractivity contribution >= 4 is 11.4 Å². The highest BCUT2D eigenvalue weighted by Crippen LogP contribution is 2.22. The first-order valence-corrected chi connectivity index (χ1v) is 5.69. The van der Waals surface area contributed by atoms with E-state index in [0.29, 0.717) is 6.61 Å². The number of nitrogens with zero attached hydrogens (tertiary/aromatic N) is 1. The van der Waals surface area contributed by atoms with Crippen molar-refractivity contribution in [1.82, 2.24) is 0 Å². The van der Waals surface area contributed by atoms with Crippen LogP contribution in [0.25, 0.3) is 0 Å². The summed E-state index contributed by atoms with van der Waals surface area (Å²) in [4.78, 5) is 10.1. The van der Waals surface area contributed by atoms with Crippen molar-refractivity contribution in [2.24, 2.45) is 0 Å². The van der Waals surface area contributed by atoms with Crippen LogP contribution in [-0.2, 0) is 11.3 Å². The average molecular weight is 238 g/mol. The molecular formula is C12H18N2O3. The van der Waals surface area contributed by atoms with Crippen LogP contribution in [-0.4, -0.2) is 11.0 Å². The first-order valence-electron chi connectivity index (χ1n) is 5.69. The maximum atomic E-state index is 10.6. The lowest BCUT2D eigenvalue weighted by Gasteiger charge is -2.12. The molecule has 1 aromatic rings. The molecule has 5 heteroatoms. The molecule has 0 fully saturated rings. The molecule has 0 bridgehead atoms. The number of hydrogen-bond donors (Lipinski definition) is 1. The van der Waals surface area contributed by atoms with E-state index in [0.717, 1.165) is 18.4 Å². The number of anilines is 1. The second kappa shape index (κ2) is 6.20. The molecule has 0 aromatic heterocycles. The summed E-state index contributed by atoms with van der Waals surface area (Å²) in [6.45, 7) is 4.55. The van der Waals surface area contributed by atoms with Crippen molar-refractivity contribution < 1.29 is 9.66 Å². The molecular weight excluding hydrogens is 220 g/mol. The van der Waals surface area contributed by atoms with Gasteiger partial charge in [0.2, 0.25) is 0 Å². The summed E-state index contributed by atoms with van der Waals surface area (Å²) in [7, 11) is 0. The SMILES string of the molecule is CCCC(C)OCc1ccc([N+](=O)[O-])c(N)c1. The Kier molecular flexibility index (Phi) is 4.90. The van der Waals surface area contributed by atoms with Gasteiger partial charge in [-0.05, 0) is 31.0 Å². The van der Waals surface area contributed by atoms with Crippen LogP contribution >= 0.6 is 0 Å². The third kappa shape index (κ3) is 4.03. The summed E-state index contributed by atoms with van der Waals surface area (Å²) in [5.41, 5.74) is 6.57. The molecule has 17 heavy (non-hydrogen) atoms. The highest BCUT2D eigenvalue weighted by molar-refractivity contribution is 5.59. The zero-order chi connectivity index (χ0) is 12.8. The molecule has 0 spiro atoms. The van der Waals surface area contributed by atoms with Gasteiger partial charge in [-0.2, -0.15) is 0 Å². The van der Waals surface area contributed by atoms with Crippen LogP contribution in [0.3, 0.4) is 0 Å². The highest BCUT2D eigenvalue weighted by Gasteiger charge is 2.11. The summed E-state index contributed by atoms with van der Waals surface area (Å²) in [6.07, 6.45) is 2.27. The van der Waals surface area contributed by atoms with E-state index in [9.17, 15) is 10.1 Å². The van der Waals surface area contributed by atoms with Crippen LogP contribution in [0.15, 0.2) is 18.2 Å². The average Bonchev–Trinajstić information content (AvgIpc) is 2.26. The van der Waals surface area contributed by atoms with Crippen LogP contribution < -0.4 is 5.73 Å². The van der Waals surface area contributed by atoms with Crippen molar-refractivity contribution in [2.45, 2.75) is 39.4 Å². The minimum atomic E-state index is -0.486. The quantitative estimate of drug-likeness (QED) is 0.469. The van der Waals surface area contributed by atoms with Gasteiger partial charge in [0, 0.05) is 6.07 Å². The topological polar surface area (TPSA) is 78.4 Å².